The third kappa shape index (κ3) is 1.78. The van der Waals surface area contributed by atoms with Gasteiger partial charge in [0.1, 0.15) is 5.82 Å². The number of benzene rings is 1. The van der Waals surface area contributed by atoms with Crippen molar-refractivity contribution >= 4 is 22.6 Å². The Hall–Kier alpha value is -1.88. The van der Waals surface area contributed by atoms with Crippen LogP contribution in [-0.4, -0.2) is 20.1 Å². The summed E-state index contributed by atoms with van der Waals surface area (Å²) in [5, 5.41) is 3.76. The SMILES string of the molecule is Cc1noc(-c2ccc3nc(CCl)[nH]c3c2)n1. The number of aromatic amines is 1. The summed E-state index contributed by atoms with van der Waals surface area (Å²) in [4.78, 5) is 11.6. The molecule has 0 radical (unpaired) electrons. The number of alkyl halides is 1. The van der Waals surface area contributed by atoms with Crippen molar-refractivity contribution in [2.24, 2.45) is 0 Å². The van der Waals surface area contributed by atoms with Gasteiger partial charge in [0.2, 0.25) is 0 Å². The molecule has 0 aliphatic rings. The first kappa shape index (κ1) is 10.3. The van der Waals surface area contributed by atoms with E-state index in [1.807, 2.05) is 18.2 Å². The molecule has 2 heterocycles. The molecular weight excluding hydrogens is 240 g/mol. The Balaban J connectivity index is 2.12. The standard InChI is InChI=1S/C11H9ClN4O/c1-6-13-11(17-16-6)7-2-3-8-9(4-7)15-10(5-12)14-8/h2-4H,5H2,1H3,(H,14,15). The fraction of sp³-hybridized carbons (Fsp3) is 0.182. The van der Waals surface area contributed by atoms with Crippen LogP contribution >= 0.6 is 11.6 Å². The zero-order valence-electron chi connectivity index (χ0n) is 9.07. The van der Waals surface area contributed by atoms with Crippen molar-refractivity contribution < 1.29 is 4.52 Å². The fourth-order valence-electron chi connectivity index (χ4n) is 1.67. The second-order valence-corrected chi connectivity index (χ2v) is 3.96. The van der Waals surface area contributed by atoms with Gasteiger partial charge in [-0.25, -0.2) is 4.98 Å². The molecular formula is C11H9ClN4O. The maximum atomic E-state index is 5.72. The quantitative estimate of drug-likeness (QED) is 0.708. The maximum absolute atomic E-state index is 5.72. The molecule has 5 nitrogen and oxygen atoms in total. The first-order valence-electron chi connectivity index (χ1n) is 5.11. The van der Waals surface area contributed by atoms with Crippen LogP contribution in [0.25, 0.3) is 22.5 Å². The van der Waals surface area contributed by atoms with Gasteiger partial charge in [-0.05, 0) is 25.1 Å². The Morgan fingerprint density at radius 1 is 1.35 bits per heavy atom. The van der Waals surface area contributed by atoms with Crippen molar-refractivity contribution in [1.29, 1.82) is 0 Å². The zero-order chi connectivity index (χ0) is 11.8. The minimum absolute atomic E-state index is 0.365. The third-order valence-electron chi connectivity index (χ3n) is 2.43. The highest BCUT2D eigenvalue weighted by atomic mass is 35.5. The zero-order valence-corrected chi connectivity index (χ0v) is 9.82. The van der Waals surface area contributed by atoms with Crippen LogP contribution in [0.5, 0.6) is 0 Å². The molecule has 0 saturated carbocycles. The van der Waals surface area contributed by atoms with Gasteiger partial charge in [-0.15, -0.1) is 11.6 Å². The smallest absolute Gasteiger partial charge is 0.257 e. The highest BCUT2D eigenvalue weighted by molar-refractivity contribution is 6.16. The Morgan fingerprint density at radius 3 is 2.94 bits per heavy atom. The predicted molar refractivity (Wildman–Crippen MR) is 63.7 cm³/mol. The van der Waals surface area contributed by atoms with Crippen LogP contribution in [0, 0.1) is 6.92 Å². The van der Waals surface area contributed by atoms with E-state index in [0.717, 1.165) is 22.4 Å². The third-order valence-corrected chi connectivity index (χ3v) is 2.69. The lowest BCUT2D eigenvalue weighted by molar-refractivity contribution is 0.425. The summed E-state index contributed by atoms with van der Waals surface area (Å²) in [7, 11) is 0. The van der Waals surface area contributed by atoms with E-state index in [4.69, 9.17) is 16.1 Å². The topological polar surface area (TPSA) is 67.6 Å². The van der Waals surface area contributed by atoms with Gasteiger partial charge in [-0.2, -0.15) is 4.98 Å². The maximum Gasteiger partial charge on any atom is 0.257 e. The molecule has 3 rings (SSSR count). The van der Waals surface area contributed by atoms with Crippen molar-refractivity contribution in [3.05, 3.63) is 29.8 Å². The summed E-state index contributed by atoms with van der Waals surface area (Å²) >= 11 is 5.72. The van der Waals surface area contributed by atoms with E-state index >= 15 is 0 Å². The molecule has 3 aromatic rings. The molecule has 0 atom stereocenters. The number of rotatable bonds is 2. The molecule has 0 aliphatic heterocycles. The second-order valence-electron chi connectivity index (χ2n) is 3.70. The number of aryl methyl sites for hydroxylation is 1. The van der Waals surface area contributed by atoms with Gasteiger partial charge in [-0.1, -0.05) is 5.16 Å². The van der Waals surface area contributed by atoms with E-state index < -0.39 is 0 Å². The lowest BCUT2D eigenvalue weighted by atomic mass is 10.2. The van der Waals surface area contributed by atoms with Gasteiger partial charge < -0.3 is 9.51 Å². The van der Waals surface area contributed by atoms with E-state index in [2.05, 4.69) is 20.1 Å². The van der Waals surface area contributed by atoms with Crippen molar-refractivity contribution in [1.82, 2.24) is 20.1 Å². The first-order valence-corrected chi connectivity index (χ1v) is 5.65. The number of aromatic nitrogens is 4. The fourth-order valence-corrected chi connectivity index (χ4v) is 1.80. The number of nitrogens with zero attached hydrogens (tertiary/aromatic N) is 3. The lowest BCUT2D eigenvalue weighted by Gasteiger charge is -1.93. The van der Waals surface area contributed by atoms with Gasteiger partial charge in [0.05, 0.1) is 16.9 Å². The summed E-state index contributed by atoms with van der Waals surface area (Å²) in [6.07, 6.45) is 0. The van der Waals surface area contributed by atoms with Crippen LogP contribution in [0.2, 0.25) is 0 Å². The highest BCUT2D eigenvalue weighted by Crippen LogP contribution is 2.22. The number of hydrogen-bond acceptors (Lipinski definition) is 4. The summed E-state index contributed by atoms with van der Waals surface area (Å²) in [5.74, 6) is 2.24. The molecule has 2 aromatic heterocycles. The van der Waals surface area contributed by atoms with Gasteiger partial charge in [0, 0.05) is 5.56 Å². The molecule has 0 amide bonds. The average molecular weight is 249 g/mol. The van der Waals surface area contributed by atoms with Gasteiger partial charge in [0.25, 0.3) is 5.89 Å². The Morgan fingerprint density at radius 2 is 2.24 bits per heavy atom. The Bertz CT molecular complexity index is 673. The Kier molecular flexibility index (Phi) is 2.33. The molecule has 86 valence electrons. The number of nitrogens with one attached hydrogen (secondary N) is 1. The largest absolute Gasteiger partial charge is 0.341 e. The highest BCUT2D eigenvalue weighted by Gasteiger charge is 2.08. The molecule has 17 heavy (non-hydrogen) atoms. The summed E-state index contributed by atoms with van der Waals surface area (Å²) in [6.45, 7) is 1.79. The summed E-state index contributed by atoms with van der Waals surface area (Å²) < 4.78 is 5.11. The van der Waals surface area contributed by atoms with Crippen LogP contribution in [0.4, 0.5) is 0 Å². The van der Waals surface area contributed by atoms with Crippen molar-refractivity contribution in [2.75, 3.05) is 0 Å². The van der Waals surface area contributed by atoms with E-state index in [1.54, 1.807) is 6.92 Å². The summed E-state index contributed by atoms with van der Waals surface area (Å²) in [5.41, 5.74) is 2.65. The van der Waals surface area contributed by atoms with E-state index in [1.165, 1.54) is 0 Å². The normalized spacial score (nSPS) is 11.2. The minimum Gasteiger partial charge on any atom is -0.341 e. The number of halogens is 1. The van der Waals surface area contributed by atoms with Crippen molar-refractivity contribution in [3.8, 4) is 11.5 Å². The monoisotopic (exact) mass is 248 g/mol. The van der Waals surface area contributed by atoms with Crippen LogP contribution in [-0.2, 0) is 5.88 Å². The number of imidazole rings is 1. The second kappa shape index (κ2) is 3.85. The van der Waals surface area contributed by atoms with E-state index in [-0.39, 0.29) is 0 Å². The van der Waals surface area contributed by atoms with Crippen LogP contribution in [0.15, 0.2) is 22.7 Å². The molecule has 1 N–H and O–H groups in total. The minimum atomic E-state index is 0.365. The number of H-pyrrole nitrogens is 1. The van der Waals surface area contributed by atoms with E-state index in [9.17, 15) is 0 Å². The molecule has 0 saturated heterocycles. The van der Waals surface area contributed by atoms with Gasteiger partial charge in [0.15, 0.2) is 5.82 Å². The van der Waals surface area contributed by atoms with E-state index in [0.29, 0.717) is 17.6 Å². The molecule has 1 aromatic carbocycles. The molecule has 0 fully saturated rings. The van der Waals surface area contributed by atoms with Crippen molar-refractivity contribution in [3.63, 3.8) is 0 Å². The van der Waals surface area contributed by atoms with Crippen molar-refractivity contribution in [2.45, 2.75) is 12.8 Å². The first-order chi connectivity index (χ1) is 8.26. The van der Waals surface area contributed by atoms with Crippen LogP contribution in [0.3, 0.4) is 0 Å². The molecule has 0 bridgehead atoms. The Labute approximate surface area is 102 Å². The average Bonchev–Trinajstić information content (AvgIpc) is 2.93. The van der Waals surface area contributed by atoms with Crippen LogP contribution < -0.4 is 0 Å². The molecule has 0 spiro atoms. The van der Waals surface area contributed by atoms with Gasteiger partial charge >= 0.3 is 0 Å². The summed E-state index contributed by atoms with van der Waals surface area (Å²) in [6, 6.07) is 5.72. The molecule has 0 aliphatic carbocycles. The molecule has 6 heteroatoms. The predicted octanol–water partition coefficient (Wildman–Crippen LogP) is 2.66. The lowest BCUT2D eigenvalue weighted by Crippen LogP contribution is -1.79. The van der Waals surface area contributed by atoms with Gasteiger partial charge in [-0.3, -0.25) is 0 Å². The number of fused-ring (bicyclic) bond motifs is 1. The van der Waals surface area contributed by atoms with Crippen LogP contribution in [0.1, 0.15) is 11.6 Å². The number of hydrogen-bond donors (Lipinski definition) is 1. The molecule has 0 unspecified atom stereocenters.